The highest BCUT2D eigenvalue weighted by molar-refractivity contribution is 5.87. The molecule has 0 amide bonds. The number of aromatic nitrogens is 3. The van der Waals surface area contributed by atoms with E-state index in [9.17, 15) is 4.79 Å². The Kier molecular flexibility index (Phi) is 3.65. The fourth-order valence-electron chi connectivity index (χ4n) is 2.72. The fourth-order valence-corrected chi connectivity index (χ4v) is 2.72. The molecule has 6 nitrogen and oxygen atoms in total. The lowest BCUT2D eigenvalue weighted by molar-refractivity contribution is -0.131. The molecule has 1 aromatic carbocycles. The Morgan fingerprint density at radius 3 is 2.83 bits per heavy atom. The molecule has 1 N–H and O–H groups in total. The van der Waals surface area contributed by atoms with E-state index in [1.807, 2.05) is 49.0 Å². The van der Waals surface area contributed by atoms with Gasteiger partial charge in [0.1, 0.15) is 11.6 Å². The summed E-state index contributed by atoms with van der Waals surface area (Å²) in [5, 5.41) is 14.4. The van der Waals surface area contributed by atoms with Crippen molar-refractivity contribution >= 4 is 22.9 Å². The minimum atomic E-state index is -0.988. The quantitative estimate of drug-likeness (QED) is 0.752. The molecule has 0 aliphatic carbocycles. The summed E-state index contributed by atoms with van der Waals surface area (Å²) in [4.78, 5) is 10.8. The number of aryl methyl sites for hydroxylation is 2. The topological polar surface area (TPSA) is 69.3 Å². The first-order chi connectivity index (χ1) is 11.0. The van der Waals surface area contributed by atoms with Crippen LogP contribution < -0.4 is 4.74 Å². The van der Waals surface area contributed by atoms with Gasteiger partial charge in [-0.25, -0.2) is 4.79 Å². The predicted molar refractivity (Wildman–Crippen MR) is 88.0 cm³/mol. The second-order valence-corrected chi connectivity index (χ2v) is 5.23. The van der Waals surface area contributed by atoms with E-state index in [0.29, 0.717) is 0 Å². The molecule has 0 fully saturated rings. The van der Waals surface area contributed by atoms with Gasteiger partial charge in [-0.2, -0.15) is 5.10 Å². The summed E-state index contributed by atoms with van der Waals surface area (Å²) in [6.45, 7) is 1.86. The number of carboxylic acid groups (broad SMARTS) is 1. The Labute approximate surface area is 133 Å². The van der Waals surface area contributed by atoms with E-state index in [-0.39, 0.29) is 0 Å². The third-order valence-electron chi connectivity index (χ3n) is 3.76. The second kappa shape index (κ2) is 5.64. The molecule has 2 aromatic heterocycles. The minimum Gasteiger partial charge on any atom is -0.497 e. The Morgan fingerprint density at radius 1 is 1.35 bits per heavy atom. The lowest BCUT2D eigenvalue weighted by atomic mass is 10.2. The van der Waals surface area contributed by atoms with Crippen LogP contribution in [-0.2, 0) is 11.8 Å². The van der Waals surface area contributed by atoms with Gasteiger partial charge in [0.25, 0.3) is 0 Å². The smallest absolute Gasteiger partial charge is 0.328 e. The summed E-state index contributed by atoms with van der Waals surface area (Å²) in [5.74, 6) is 0.584. The van der Waals surface area contributed by atoms with Gasteiger partial charge in [-0.15, -0.1) is 0 Å². The SMILES string of the molecule is COc1ccc2ccn(-c3c(C=CC(=O)O)c(C)nn3C)c2c1. The van der Waals surface area contributed by atoms with Crippen molar-refractivity contribution in [2.24, 2.45) is 7.05 Å². The van der Waals surface area contributed by atoms with Crippen LogP contribution in [0.2, 0.25) is 0 Å². The molecular weight excluding hydrogens is 294 g/mol. The lowest BCUT2D eigenvalue weighted by Gasteiger charge is -2.09. The number of aliphatic carboxylic acids is 1. The number of benzene rings is 1. The molecule has 118 valence electrons. The molecule has 3 aromatic rings. The zero-order chi connectivity index (χ0) is 16.6. The Hall–Kier alpha value is -3.02. The molecule has 6 heteroatoms. The van der Waals surface area contributed by atoms with Gasteiger partial charge in [0, 0.05) is 36.3 Å². The monoisotopic (exact) mass is 311 g/mol. The van der Waals surface area contributed by atoms with E-state index in [4.69, 9.17) is 9.84 Å². The van der Waals surface area contributed by atoms with Gasteiger partial charge in [-0.05, 0) is 31.2 Å². The fraction of sp³-hybridized carbons (Fsp3) is 0.176. The van der Waals surface area contributed by atoms with Crippen molar-refractivity contribution in [1.29, 1.82) is 0 Å². The molecule has 0 unspecified atom stereocenters. The van der Waals surface area contributed by atoms with Gasteiger partial charge in [0.05, 0.1) is 18.3 Å². The van der Waals surface area contributed by atoms with E-state index < -0.39 is 5.97 Å². The second-order valence-electron chi connectivity index (χ2n) is 5.23. The van der Waals surface area contributed by atoms with Crippen molar-refractivity contribution in [3.63, 3.8) is 0 Å². The zero-order valence-electron chi connectivity index (χ0n) is 13.1. The highest BCUT2D eigenvalue weighted by atomic mass is 16.5. The minimum absolute atomic E-state index is 0.763. The summed E-state index contributed by atoms with van der Waals surface area (Å²) in [7, 11) is 3.47. The number of carboxylic acids is 1. The third kappa shape index (κ3) is 2.59. The number of hydrogen-bond acceptors (Lipinski definition) is 3. The van der Waals surface area contributed by atoms with Crippen molar-refractivity contribution in [3.8, 4) is 11.6 Å². The van der Waals surface area contributed by atoms with Gasteiger partial charge >= 0.3 is 5.97 Å². The van der Waals surface area contributed by atoms with E-state index in [1.54, 1.807) is 17.9 Å². The van der Waals surface area contributed by atoms with Crippen LogP contribution in [0, 0.1) is 6.92 Å². The standard InChI is InChI=1S/C17H17N3O3/c1-11-14(6-7-16(21)22)17(19(2)18-11)20-9-8-12-4-5-13(23-3)10-15(12)20/h4-10H,1-3H3,(H,21,22). The van der Waals surface area contributed by atoms with Gasteiger partial charge in [0.2, 0.25) is 0 Å². The molecule has 0 bridgehead atoms. The summed E-state index contributed by atoms with van der Waals surface area (Å²) in [6, 6.07) is 7.84. The van der Waals surface area contributed by atoms with Crippen LogP contribution in [0.15, 0.2) is 36.5 Å². The van der Waals surface area contributed by atoms with Gasteiger partial charge < -0.3 is 14.4 Å². The number of hydrogen-bond donors (Lipinski definition) is 1. The van der Waals surface area contributed by atoms with Gasteiger partial charge in [-0.1, -0.05) is 0 Å². The molecule has 0 saturated heterocycles. The first-order valence-electron chi connectivity index (χ1n) is 7.11. The number of fused-ring (bicyclic) bond motifs is 1. The molecule has 2 heterocycles. The Balaban J connectivity index is 2.24. The Morgan fingerprint density at radius 2 is 2.13 bits per heavy atom. The molecule has 3 rings (SSSR count). The normalized spacial score (nSPS) is 11.4. The highest BCUT2D eigenvalue weighted by Gasteiger charge is 2.15. The summed E-state index contributed by atoms with van der Waals surface area (Å²) >= 11 is 0. The average molecular weight is 311 g/mol. The van der Waals surface area contributed by atoms with E-state index in [0.717, 1.165) is 39.8 Å². The van der Waals surface area contributed by atoms with Crippen molar-refractivity contribution in [3.05, 3.63) is 47.8 Å². The highest BCUT2D eigenvalue weighted by Crippen LogP contribution is 2.28. The number of methoxy groups -OCH3 is 1. The van der Waals surface area contributed by atoms with E-state index in [2.05, 4.69) is 5.10 Å². The molecule has 0 atom stereocenters. The molecule has 0 radical (unpaired) electrons. The van der Waals surface area contributed by atoms with Crippen LogP contribution in [0.25, 0.3) is 22.8 Å². The average Bonchev–Trinajstić information content (AvgIpc) is 3.04. The van der Waals surface area contributed by atoms with Crippen LogP contribution in [0.3, 0.4) is 0 Å². The first-order valence-corrected chi connectivity index (χ1v) is 7.11. The summed E-state index contributed by atoms with van der Waals surface area (Å²) in [5.41, 5.74) is 2.51. The first kappa shape index (κ1) is 14.9. The molecular formula is C17H17N3O3. The largest absolute Gasteiger partial charge is 0.497 e. The van der Waals surface area contributed by atoms with Crippen molar-refractivity contribution in [1.82, 2.24) is 14.3 Å². The predicted octanol–water partition coefficient (Wildman–Crippen LogP) is 2.78. The van der Waals surface area contributed by atoms with Crippen molar-refractivity contribution < 1.29 is 14.6 Å². The van der Waals surface area contributed by atoms with Crippen LogP contribution in [0.4, 0.5) is 0 Å². The molecule has 0 aliphatic heterocycles. The third-order valence-corrected chi connectivity index (χ3v) is 3.76. The maximum Gasteiger partial charge on any atom is 0.328 e. The molecule has 0 saturated carbocycles. The molecule has 0 aliphatic rings. The van der Waals surface area contributed by atoms with Gasteiger partial charge in [0.15, 0.2) is 0 Å². The van der Waals surface area contributed by atoms with Crippen molar-refractivity contribution in [2.45, 2.75) is 6.92 Å². The van der Waals surface area contributed by atoms with E-state index in [1.165, 1.54) is 0 Å². The van der Waals surface area contributed by atoms with Crippen molar-refractivity contribution in [2.75, 3.05) is 7.11 Å². The van der Waals surface area contributed by atoms with Crippen LogP contribution >= 0.6 is 0 Å². The summed E-state index contributed by atoms with van der Waals surface area (Å²) in [6.07, 6.45) is 4.64. The summed E-state index contributed by atoms with van der Waals surface area (Å²) < 4.78 is 9.03. The number of carbonyl (C=O) groups is 1. The van der Waals surface area contributed by atoms with Gasteiger partial charge in [-0.3, -0.25) is 4.68 Å². The molecule has 23 heavy (non-hydrogen) atoms. The lowest BCUT2D eigenvalue weighted by Crippen LogP contribution is -2.03. The van der Waals surface area contributed by atoms with Crippen LogP contribution in [0.5, 0.6) is 5.75 Å². The van der Waals surface area contributed by atoms with Crippen LogP contribution in [-0.4, -0.2) is 32.5 Å². The molecule has 0 spiro atoms. The maximum atomic E-state index is 10.8. The van der Waals surface area contributed by atoms with E-state index >= 15 is 0 Å². The Bertz CT molecular complexity index is 919. The zero-order valence-corrected chi connectivity index (χ0v) is 13.1. The number of rotatable bonds is 4. The number of nitrogens with zero attached hydrogens (tertiary/aromatic N) is 3. The maximum absolute atomic E-state index is 10.8. The van der Waals surface area contributed by atoms with Crippen LogP contribution in [0.1, 0.15) is 11.3 Å². The number of ether oxygens (including phenoxy) is 1.